The van der Waals surface area contributed by atoms with E-state index in [1.807, 2.05) is 6.08 Å². The van der Waals surface area contributed by atoms with Gasteiger partial charge in [0, 0.05) is 49.4 Å². The summed E-state index contributed by atoms with van der Waals surface area (Å²) in [5.74, 6) is 0. The Balaban J connectivity index is 1.59. The number of ether oxygens (including phenoxy) is 1. The molecule has 0 N–H and O–H groups in total. The molecule has 5 nitrogen and oxygen atoms in total. The second-order valence-corrected chi connectivity index (χ2v) is 6.38. The fourth-order valence-electron chi connectivity index (χ4n) is 3.42. The molecular weight excluding hydrogens is 300 g/mol. The summed E-state index contributed by atoms with van der Waals surface area (Å²) in [5, 5.41) is 0. The quantitative estimate of drug-likeness (QED) is 0.869. The molecule has 0 aliphatic carbocycles. The monoisotopic (exact) mass is 324 g/mol. The van der Waals surface area contributed by atoms with Crippen molar-refractivity contribution in [3.63, 3.8) is 0 Å². The number of aromatic nitrogens is 2. The largest absolute Gasteiger partial charge is 0.496 e. The maximum atomic E-state index is 5.37. The molecule has 2 aromatic rings. The van der Waals surface area contributed by atoms with Crippen LogP contribution in [0.25, 0.3) is 11.2 Å². The number of fused-ring (bicyclic) bond motifs is 1. The lowest BCUT2D eigenvalue weighted by Gasteiger charge is -2.23. The van der Waals surface area contributed by atoms with Gasteiger partial charge in [0.1, 0.15) is 12.3 Å². The lowest BCUT2D eigenvalue weighted by molar-refractivity contribution is 0.292. The van der Waals surface area contributed by atoms with Crippen LogP contribution in [0.1, 0.15) is 19.0 Å². The average molecular weight is 324 g/mol. The minimum absolute atomic E-state index is 0.590. The van der Waals surface area contributed by atoms with Crippen molar-refractivity contribution in [3.05, 3.63) is 48.6 Å². The number of rotatable bonds is 3. The Morgan fingerprint density at radius 2 is 2.17 bits per heavy atom. The molecule has 4 heterocycles. The molecule has 0 saturated carbocycles. The third-order valence-electron chi connectivity index (χ3n) is 4.88. The molecule has 0 bridgehead atoms. The van der Waals surface area contributed by atoms with Crippen LogP contribution in [0.5, 0.6) is 0 Å². The SMILES string of the molecule is CCN1CCCN(c2ccn3cc(C4=CC=COC4)nc3c2)CC1. The van der Waals surface area contributed by atoms with Gasteiger partial charge >= 0.3 is 0 Å². The predicted octanol–water partition coefficient (Wildman–Crippen LogP) is 2.79. The number of anilines is 1. The summed E-state index contributed by atoms with van der Waals surface area (Å²) in [6.45, 7) is 8.51. The topological polar surface area (TPSA) is 33.0 Å². The average Bonchev–Trinajstić information content (AvgIpc) is 2.91. The van der Waals surface area contributed by atoms with Crippen LogP contribution in [-0.2, 0) is 4.74 Å². The van der Waals surface area contributed by atoms with Gasteiger partial charge in [-0.3, -0.25) is 0 Å². The molecule has 1 saturated heterocycles. The van der Waals surface area contributed by atoms with Crippen molar-refractivity contribution in [1.29, 1.82) is 0 Å². The highest BCUT2D eigenvalue weighted by Gasteiger charge is 2.15. The van der Waals surface area contributed by atoms with E-state index in [0.29, 0.717) is 6.61 Å². The van der Waals surface area contributed by atoms with E-state index in [-0.39, 0.29) is 0 Å². The molecule has 0 atom stereocenters. The number of pyridine rings is 1. The van der Waals surface area contributed by atoms with E-state index in [4.69, 9.17) is 9.72 Å². The van der Waals surface area contributed by atoms with Crippen LogP contribution in [0.2, 0.25) is 0 Å². The summed E-state index contributed by atoms with van der Waals surface area (Å²) in [7, 11) is 0. The Labute approximate surface area is 142 Å². The Morgan fingerprint density at radius 3 is 3.00 bits per heavy atom. The van der Waals surface area contributed by atoms with Crippen molar-refractivity contribution in [3.8, 4) is 0 Å². The summed E-state index contributed by atoms with van der Waals surface area (Å²) in [4.78, 5) is 9.80. The van der Waals surface area contributed by atoms with E-state index in [0.717, 1.165) is 43.1 Å². The molecule has 2 aliphatic rings. The Bertz CT molecular complexity index is 777. The van der Waals surface area contributed by atoms with E-state index in [9.17, 15) is 0 Å². The van der Waals surface area contributed by atoms with E-state index < -0.39 is 0 Å². The second kappa shape index (κ2) is 6.69. The van der Waals surface area contributed by atoms with Crippen molar-refractivity contribution < 1.29 is 4.74 Å². The fraction of sp³-hybridized carbons (Fsp3) is 0.421. The van der Waals surface area contributed by atoms with Crippen LogP contribution in [0, 0.1) is 0 Å². The van der Waals surface area contributed by atoms with E-state index in [2.05, 4.69) is 51.7 Å². The van der Waals surface area contributed by atoms with Gasteiger partial charge in [-0.15, -0.1) is 0 Å². The first-order valence-corrected chi connectivity index (χ1v) is 8.77. The summed E-state index contributed by atoms with van der Waals surface area (Å²) in [5.41, 5.74) is 4.38. The number of nitrogens with zero attached hydrogens (tertiary/aromatic N) is 4. The summed E-state index contributed by atoms with van der Waals surface area (Å²) in [6.07, 6.45) is 11.1. The van der Waals surface area contributed by atoms with Crippen molar-refractivity contribution in [1.82, 2.24) is 14.3 Å². The molecule has 1 fully saturated rings. The van der Waals surface area contributed by atoms with Crippen molar-refractivity contribution in [2.24, 2.45) is 0 Å². The standard InChI is InChI=1S/C19H24N4O/c1-2-21-7-4-8-22(11-10-21)17-6-9-23-14-18(20-19(23)13-17)16-5-3-12-24-15-16/h3,5-6,9,12-14H,2,4,7-8,10-11,15H2,1H3. The normalized spacial score (nSPS) is 19.2. The summed E-state index contributed by atoms with van der Waals surface area (Å²) in [6, 6.07) is 4.40. The first kappa shape index (κ1) is 15.3. The lowest BCUT2D eigenvalue weighted by Crippen LogP contribution is -2.30. The molecule has 2 aromatic heterocycles. The van der Waals surface area contributed by atoms with Gasteiger partial charge in [0.25, 0.3) is 0 Å². The van der Waals surface area contributed by atoms with E-state index >= 15 is 0 Å². The highest BCUT2D eigenvalue weighted by atomic mass is 16.5. The van der Waals surface area contributed by atoms with E-state index in [1.54, 1.807) is 6.26 Å². The molecule has 126 valence electrons. The van der Waals surface area contributed by atoms with Gasteiger partial charge in [-0.2, -0.15) is 0 Å². The summed E-state index contributed by atoms with van der Waals surface area (Å²) < 4.78 is 7.47. The maximum absolute atomic E-state index is 5.37. The highest BCUT2D eigenvalue weighted by molar-refractivity contribution is 5.69. The van der Waals surface area contributed by atoms with Crippen LogP contribution >= 0.6 is 0 Å². The zero-order chi connectivity index (χ0) is 16.4. The van der Waals surface area contributed by atoms with Crippen LogP contribution < -0.4 is 4.90 Å². The van der Waals surface area contributed by atoms with Gasteiger partial charge in [-0.1, -0.05) is 13.0 Å². The van der Waals surface area contributed by atoms with Gasteiger partial charge in [0.2, 0.25) is 0 Å². The molecular formula is C19H24N4O. The van der Waals surface area contributed by atoms with E-state index in [1.165, 1.54) is 18.7 Å². The number of allylic oxidation sites excluding steroid dienone is 2. The van der Waals surface area contributed by atoms with Gasteiger partial charge in [-0.25, -0.2) is 4.98 Å². The minimum atomic E-state index is 0.590. The minimum Gasteiger partial charge on any atom is -0.496 e. The predicted molar refractivity (Wildman–Crippen MR) is 97.2 cm³/mol. The van der Waals surface area contributed by atoms with Gasteiger partial charge in [-0.05, 0) is 31.7 Å². The maximum Gasteiger partial charge on any atom is 0.139 e. The first-order valence-electron chi connectivity index (χ1n) is 8.77. The Hall–Kier alpha value is -2.27. The van der Waals surface area contributed by atoms with Crippen molar-refractivity contribution in [2.45, 2.75) is 13.3 Å². The highest BCUT2D eigenvalue weighted by Crippen LogP contribution is 2.22. The number of hydrogen-bond donors (Lipinski definition) is 0. The number of hydrogen-bond acceptors (Lipinski definition) is 4. The molecule has 4 rings (SSSR count). The lowest BCUT2D eigenvalue weighted by atomic mass is 10.2. The molecule has 2 aliphatic heterocycles. The number of imidazole rings is 1. The van der Waals surface area contributed by atoms with Crippen LogP contribution in [0.4, 0.5) is 5.69 Å². The van der Waals surface area contributed by atoms with Crippen LogP contribution in [-0.4, -0.2) is 53.6 Å². The van der Waals surface area contributed by atoms with Crippen molar-refractivity contribution >= 4 is 16.9 Å². The Kier molecular flexibility index (Phi) is 4.26. The van der Waals surface area contributed by atoms with Crippen molar-refractivity contribution in [2.75, 3.05) is 44.2 Å². The van der Waals surface area contributed by atoms with Gasteiger partial charge in [0.05, 0.1) is 12.0 Å². The molecule has 5 heteroatoms. The van der Waals surface area contributed by atoms with Gasteiger partial charge in [0.15, 0.2) is 0 Å². The molecule has 0 spiro atoms. The molecule has 0 unspecified atom stereocenters. The zero-order valence-corrected chi connectivity index (χ0v) is 14.2. The molecule has 0 radical (unpaired) electrons. The number of likely N-dealkylation sites (N-methyl/N-ethyl adjacent to an activating group) is 1. The first-order chi connectivity index (χ1) is 11.8. The summed E-state index contributed by atoms with van der Waals surface area (Å²) >= 11 is 0. The Morgan fingerprint density at radius 1 is 1.21 bits per heavy atom. The van der Waals surface area contributed by atoms with Gasteiger partial charge < -0.3 is 18.9 Å². The fourth-order valence-corrected chi connectivity index (χ4v) is 3.42. The molecule has 24 heavy (non-hydrogen) atoms. The third-order valence-corrected chi connectivity index (χ3v) is 4.88. The van der Waals surface area contributed by atoms with Crippen LogP contribution in [0.3, 0.4) is 0 Å². The third kappa shape index (κ3) is 3.04. The smallest absolute Gasteiger partial charge is 0.139 e. The molecule has 0 aromatic carbocycles. The van der Waals surface area contributed by atoms with Crippen LogP contribution in [0.15, 0.2) is 42.9 Å². The second-order valence-electron chi connectivity index (χ2n) is 6.38. The molecule has 0 amide bonds. The zero-order valence-electron chi connectivity index (χ0n) is 14.2.